The van der Waals surface area contributed by atoms with Crippen molar-refractivity contribution in [2.45, 2.75) is 37.4 Å². The summed E-state index contributed by atoms with van der Waals surface area (Å²) >= 11 is 0. The Kier molecular flexibility index (Phi) is 3.45. The highest BCUT2D eigenvalue weighted by molar-refractivity contribution is 7.89. The van der Waals surface area contributed by atoms with Gasteiger partial charge in [-0.3, -0.25) is 5.10 Å². The van der Waals surface area contributed by atoms with Gasteiger partial charge in [-0.25, -0.2) is 13.1 Å². The summed E-state index contributed by atoms with van der Waals surface area (Å²) in [5.74, 6) is 0. The van der Waals surface area contributed by atoms with Crippen molar-refractivity contribution < 1.29 is 13.2 Å². The van der Waals surface area contributed by atoms with Crippen LogP contribution in [0.5, 0.6) is 0 Å². The Bertz CT molecular complexity index is 531. The summed E-state index contributed by atoms with van der Waals surface area (Å²) in [6.45, 7) is 4.62. The molecule has 0 spiro atoms. The van der Waals surface area contributed by atoms with E-state index in [1.807, 2.05) is 6.92 Å². The number of aromatic amines is 1. The molecule has 1 aromatic rings. The summed E-state index contributed by atoms with van der Waals surface area (Å²) in [7, 11) is -3.68. The highest BCUT2D eigenvalue weighted by atomic mass is 32.2. The Balaban J connectivity index is 2.30. The number of aryl methyl sites for hydroxylation is 1. The van der Waals surface area contributed by atoms with Crippen molar-refractivity contribution in [2.24, 2.45) is 5.73 Å². The number of hydrogen-bond donors (Lipinski definition) is 3. The molecule has 0 aromatic carbocycles. The van der Waals surface area contributed by atoms with E-state index in [1.165, 1.54) is 0 Å². The second kappa shape index (κ2) is 4.61. The van der Waals surface area contributed by atoms with E-state index in [-0.39, 0.29) is 11.6 Å². The van der Waals surface area contributed by atoms with Crippen LogP contribution in [0.25, 0.3) is 0 Å². The van der Waals surface area contributed by atoms with Crippen LogP contribution in [0.15, 0.2) is 5.03 Å². The molecule has 1 aliphatic heterocycles. The maximum Gasteiger partial charge on any atom is 0.260 e. The second-order valence-corrected chi connectivity index (χ2v) is 6.40. The van der Waals surface area contributed by atoms with E-state index in [9.17, 15) is 8.42 Å². The van der Waals surface area contributed by atoms with Gasteiger partial charge in [-0.1, -0.05) is 0 Å². The molecule has 0 radical (unpaired) electrons. The lowest BCUT2D eigenvalue weighted by Gasteiger charge is -2.22. The molecule has 1 saturated heterocycles. The highest BCUT2D eigenvalue weighted by Crippen LogP contribution is 2.22. The number of nitrogens with zero attached hydrogens (tertiary/aromatic N) is 1. The van der Waals surface area contributed by atoms with E-state index < -0.39 is 15.6 Å². The Labute approximate surface area is 106 Å². The van der Waals surface area contributed by atoms with Crippen molar-refractivity contribution in [1.29, 1.82) is 0 Å². The van der Waals surface area contributed by atoms with E-state index in [4.69, 9.17) is 10.5 Å². The minimum absolute atomic E-state index is 0.0179. The Morgan fingerprint density at radius 1 is 1.61 bits per heavy atom. The molecule has 8 heteroatoms. The minimum atomic E-state index is -3.68. The van der Waals surface area contributed by atoms with Gasteiger partial charge in [0.05, 0.1) is 12.1 Å². The second-order valence-electron chi connectivity index (χ2n) is 4.81. The Morgan fingerprint density at radius 2 is 2.33 bits per heavy atom. The van der Waals surface area contributed by atoms with Gasteiger partial charge in [-0.05, 0) is 20.3 Å². The maximum absolute atomic E-state index is 12.3. The summed E-state index contributed by atoms with van der Waals surface area (Å²) in [6.07, 6.45) is 0.646. The Morgan fingerprint density at radius 3 is 2.89 bits per heavy atom. The third-order valence-corrected chi connectivity index (χ3v) is 4.70. The third-order valence-electron chi connectivity index (χ3n) is 3.09. The van der Waals surface area contributed by atoms with E-state index >= 15 is 0 Å². The SMILES string of the molecule is Cc1[nH]nc(S(=O)(=O)NC2(C)CCOC2)c1CN. The monoisotopic (exact) mass is 274 g/mol. The number of rotatable bonds is 4. The minimum Gasteiger partial charge on any atom is -0.379 e. The zero-order valence-corrected chi connectivity index (χ0v) is 11.3. The molecule has 7 nitrogen and oxygen atoms in total. The number of nitrogens with two attached hydrogens (primary N) is 1. The lowest BCUT2D eigenvalue weighted by atomic mass is 10.0. The number of hydrogen-bond acceptors (Lipinski definition) is 5. The molecule has 0 amide bonds. The van der Waals surface area contributed by atoms with Crippen LogP contribution in [0.1, 0.15) is 24.6 Å². The topological polar surface area (TPSA) is 110 Å². The molecule has 2 rings (SSSR count). The van der Waals surface area contributed by atoms with Gasteiger partial charge in [0.25, 0.3) is 10.0 Å². The molecule has 1 atom stereocenters. The highest BCUT2D eigenvalue weighted by Gasteiger charge is 2.36. The predicted octanol–water partition coefficient (Wildman–Crippen LogP) is -0.366. The van der Waals surface area contributed by atoms with Crippen molar-refractivity contribution in [3.8, 4) is 0 Å². The summed E-state index contributed by atoms with van der Waals surface area (Å²) in [4.78, 5) is 0. The van der Waals surface area contributed by atoms with Crippen molar-refractivity contribution >= 4 is 10.0 Å². The average molecular weight is 274 g/mol. The van der Waals surface area contributed by atoms with Crippen LogP contribution in [0.2, 0.25) is 0 Å². The largest absolute Gasteiger partial charge is 0.379 e. The van der Waals surface area contributed by atoms with Crippen LogP contribution in [0.4, 0.5) is 0 Å². The first kappa shape index (κ1) is 13.5. The Hall–Kier alpha value is -0.960. The zero-order valence-electron chi connectivity index (χ0n) is 10.5. The van der Waals surface area contributed by atoms with Gasteiger partial charge >= 0.3 is 0 Å². The molecule has 1 unspecified atom stereocenters. The molecule has 0 saturated carbocycles. The summed E-state index contributed by atoms with van der Waals surface area (Å²) in [5, 5.41) is 6.47. The summed E-state index contributed by atoms with van der Waals surface area (Å²) in [6, 6.07) is 0. The van der Waals surface area contributed by atoms with Gasteiger partial charge in [0.2, 0.25) is 0 Å². The zero-order chi connectivity index (χ0) is 13.4. The lowest BCUT2D eigenvalue weighted by Crippen LogP contribution is -2.46. The van der Waals surface area contributed by atoms with Crippen LogP contribution >= 0.6 is 0 Å². The smallest absolute Gasteiger partial charge is 0.260 e. The van der Waals surface area contributed by atoms with Crippen LogP contribution in [0.3, 0.4) is 0 Å². The van der Waals surface area contributed by atoms with E-state index in [2.05, 4.69) is 14.9 Å². The van der Waals surface area contributed by atoms with Crippen molar-refractivity contribution in [3.63, 3.8) is 0 Å². The predicted molar refractivity (Wildman–Crippen MR) is 65.4 cm³/mol. The number of aromatic nitrogens is 2. The average Bonchev–Trinajstić information content (AvgIpc) is 2.84. The molecule has 18 heavy (non-hydrogen) atoms. The molecule has 0 aliphatic carbocycles. The first-order chi connectivity index (χ1) is 8.38. The molecule has 2 heterocycles. The molecule has 1 aliphatic rings. The van der Waals surface area contributed by atoms with Crippen LogP contribution in [-0.2, 0) is 21.3 Å². The van der Waals surface area contributed by atoms with Gasteiger partial charge in [0.1, 0.15) is 0 Å². The summed E-state index contributed by atoms with van der Waals surface area (Å²) < 4.78 is 32.4. The molecular formula is C10H18N4O3S. The van der Waals surface area contributed by atoms with Gasteiger partial charge in [0.15, 0.2) is 5.03 Å². The van der Waals surface area contributed by atoms with E-state index in [1.54, 1.807) is 6.92 Å². The first-order valence-electron chi connectivity index (χ1n) is 5.74. The number of nitrogens with one attached hydrogen (secondary N) is 2. The van der Waals surface area contributed by atoms with Crippen molar-refractivity contribution in [2.75, 3.05) is 13.2 Å². The van der Waals surface area contributed by atoms with Crippen molar-refractivity contribution in [1.82, 2.24) is 14.9 Å². The van der Waals surface area contributed by atoms with Crippen molar-refractivity contribution in [3.05, 3.63) is 11.3 Å². The summed E-state index contributed by atoms with van der Waals surface area (Å²) in [5.41, 5.74) is 6.18. The molecule has 4 N–H and O–H groups in total. The molecule has 1 fully saturated rings. The molecular weight excluding hydrogens is 256 g/mol. The molecule has 0 bridgehead atoms. The van der Waals surface area contributed by atoms with Crippen LogP contribution in [-0.4, -0.2) is 37.4 Å². The fourth-order valence-electron chi connectivity index (χ4n) is 2.01. The van der Waals surface area contributed by atoms with E-state index in [0.717, 1.165) is 0 Å². The first-order valence-corrected chi connectivity index (χ1v) is 7.22. The molecule has 102 valence electrons. The normalized spacial score (nSPS) is 24.6. The van der Waals surface area contributed by atoms with E-state index in [0.29, 0.717) is 30.9 Å². The van der Waals surface area contributed by atoms with Gasteiger partial charge < -0.3 is 10.5 Å². The van der Waals surface area contributed by atoms with Gasteiger partial charge in [-0.15, -0.1) is 0 Å². The number of sulfonamides is 1. The fraction of sp³-hybridized carbons (Fsp3) is 0.700. The van der Waals surface area contributed by atoms with Gasteiger partial charge in [-0.2, -0.15) is 5.10 Å². The quantitative estimate of drug-likeness (QED) is 0.694. The number of ether oxygens (including phenoxy) is 1. The lowest BCUT2D eigenvalue weighted by molar-refractivity contribution is 0.178. The van der Waals surface area contributed by atoms with Crippen LogP contribution < -0.4 is 10.5 Å². The standard InChI is InChI=1S/C10H18N4O3S/c1-7-8(5-11)9(13-12-7)18(15,16)14-10(2)3-4-17-6-10/h14H,3-6,11H2,1-2H3,(H,12,13). The van der Waals surface area contributed by atoms with Gasteiger partial charge in [0, 0.05) is 24.4 Å². The van der Waals surface area contributed by atoms with Crippen LogP contribution in [0, 0.1) is 6.92 Å². The number of H-pyrrole nitrogens is 1. The fourth-order valence-corrected chi connectivity index (χ4v) is 3.65. The molecule has 1 aromatic heterocycles. The maximum atomic E-state index is 12.3. The third kappa shape index (κ3) is 2.41.